The van der Waals surface area contributed by atoms with Gasteiger partial charge in [0.1, 0.15) is 35.1 Å². The predicted molar refractivity (Wildman–Crippen MR) is 119 cm³/mol. The Labute approximate surface area is 191 Å². The molecule has 0 fully saturated rings. The summed E-state index contributed by atoms with van der Waals surface area (Å²) in [6.07, 6.45) is 0. The first-order chi connectivity index (χ1) is 15.3. The Morgan fingerprint density at radius 2 is 1.94 bits per heavy atom. The van der Waals surface area contributed by atoms with Gasteiger partial charge in [-0.1, -0.05) is 12.1 Å². The molecule has 0 bridgehead atoms. The highest BCUT2D eigenvalue weighted by Crippen LogP contribution is 2.25. The first-order valence-corrected chi connectivity index (χ1v) is 10.4. The van der Waals surface area contributed by atoms with E-state index in [1.807, 2.05) is 6.07 Å². The van der Waals surface area contributed by atoms with Crippen molar-refractivity contribution in [1.82, 2.24) is 9.88 Å². The molecule has 3 aromatic rings. The maximum atomic E-state index is 13.9. The Morgan fingerprint density at radius 1 is 1.16 bits per heavy atom. The minimum absolute atomic E-state index is 0.0332. The second-order valence-electron chi connectivity index (χ2n) is 7.01. The Hall–Kier alpha value is -3.04. The lowest BCUT2D eigenvalue weighted by Gasteiger charge is -2.16. The van der Waals surface area contributed by atoms with Gasteiger partial charge in [0.2, 0.25) is 5.91 Å². The number of pyridine rings is 1. The average Bonchev–Trinajstić information content (AvgIpc) is 2.75. The second-order valence-corrected chi connectivity index (χ2v) is 7.80. The molecule has 1 heterocycles. The number of ether oxygens (including phenoxy) is 2. The highest BCUT2D eigenvalue weighted by atomic mass is 79.9. The summed E-state index contributed by atoms with van der Waals surface area (Å²) < 4.78 is 39.0. The van der Waals surface area contributed by atoms with E-state index < -0.39 is 11.6 Å². The number of carbonyl (C=O) groups is 1. The Bertz CT molecular complexity index is 1200. The van der Waals surface area contributed by atoms with Crippen LogP contribution in [0.15, 0.2) is 57.8 Å². The molecule has 9 heteroatoms. The molecule has 0 aliphatic carbocycles. The normalized spacial score (nSPS) is 10.8. The minimum atomic E-state index is -0.722. The van der Waals surface area contributed by atoms with Crippen molar-refractivity contribution in [3.8, 4) is 11.4 Å². The minimum Gasteiger partial charge on any atom is -0.487 e. The van der Waals surface area contributed by atoms with E-state index in [0.717, 1.165) is 17.7 Å². The average molecular weight is 507 g/mol. The molecule has 0 saturated carbocycles. The molecule has 1 amide bonds. The van der Waals surface area contributed by atoms with Crippen LogP contribution in [0.1, 0.15) is 16.8 Å². The SMILES string of the molecule is COCC(=O)NCc1cccc(-n2c(C)cc(OCc3ccc(F)cc3F)c(Br)c2=O)c1. The van der Waals surface area contributed by atoms with Gasteiger partial charge in [-0.15, -0.1) is 0 Å². The number of nitrogens with one attached hydrogen (secondary N) is 1. The zero-order chi connectivity index (χ0) is 23.3. The van der Waals surface area contributed by atoms with E-state index in [2.05, 4.69) is 21.2 Å². The summed E-state index contributed by atoms with van der Waals surface area (Å²) in [7, 11) is 1.44. The van der Waals surface area contributed by atoms with Crippen molar-refractivity contribution in [1.29, 1.82) is 0 Å². The molecule has 168 valence electrons. The summed E-state index contributed by atoms with van der Waals surface area (Å²) in [5, 5.41) is 2.73. The lowest BCUT2D eigenvalue weighted by atomic mass is 10.2. The summed E-state index contributed by atoms with van der Waals surface area (Å²) >= 11 is 3.27. The van der Waals surface area contributed by atoms with Crippen molar-refractivity contribution in [2.24, 2.45) is 0 Å². The van der Waals surface area contributed by atoms with Crippen molar-refractivity contribution in [3.05, 3.63) is 91.8 Å². The fourth-order valence-electron chi connectivity index (χ4n) is 3.09. The van der Waals surface area contributed by atoms with Gasteiger partial charge in [0, 0.05) is 42.7 Å². The molecule has 0 spiro atoms. The van der Waals surface area contributed by atoms with Crippen molar-refractivity contribution in [2.75, 3.05) is 13.7 Å². The fraction of sp³-hybridized carbons (Fsp3) is 0.217. The molecule has 0 saturated heterocycles. The van der Waals surface area contributed by atoms with Gasteiger partial charge in [0.25, 0.3) is 5.56 Å². The van der Waals surface area contributed by atoms with Crippen molar-refractivity contribution in [2.45, 2.75) is 20.1 Å². The molecule has 0 aliphatic rings. The molecule has 0 atom stereocenters. The summed E-state index contributed by atoms with van der Waals surface area (Å²) in [6.45, 7) is 1.83. The van der Waals surface area contributed by atoms with Crippen molar-refractivity contribution < 1.29 is 23.0 Å². The quantitative estimate of drug-likeness (QED) is 0.500. The molecular formula is C23H21BrF2N2O4. The molecule has 6 nitrogen and oxygen atoms in total. The van der Waals surface area contributed by atoms with E-state index in [0.29, 0.717) is 11.4 Å². The number of benzene rings is 2. The number of amides is 1. The standard InChI is InChI=1S/C23H21BrF2N2O4/c1-14-8-20(32-12-16-6-7-17(25)10-19(16)26)22(24)23(30)28(14)18-5-3-4-15(9-18)11-27-21(29)13-31-2/h3-10H,11-13H2,1-2H3,(H,27,29). The van der Waals surface area contributed by atoms with Crippen LogP contribution in [0.3, 0.4) is 0 Å². The second kappa shape index (κ2) is 10.5. The third kappa shape index (κ3) is 5.60. The van der Waals surface area contributed by atoms with Crippen LogP contribution in [0, 0.1) is 18.6 Å². The molecule has 1 aromatic heterocycles. The number of hydrogen-bond donors (Lipinski definition) is 1. The Kier molecular flexibility index (Phi) is 7.76. The molecule has 32 heavy (non-hydrogen) atoms. The van der Waals surface area contributed by atoms with E-state index in [1.165, 1.54) is 17.7 Å². The van der Waals surface area contributed by atoms with Gasteiger partial charge in [-0.25, -0.2) is 8.78 Å². The van der Waals surface area contributed by atoms with Crippen LogP contribution in [0.25, 0.3) is 5.69 Å². The first kappa shape index (κ1) is 23.6. The smallest absolute Gasteiger partial charge is 0.273 e. The van der Waals surface area contributed by atoms with E-state index >= 15 is 0 Å². The van der Waals surface area contributed by atoms with Gasteiger partial charge in [0.15, 0.2) is 0 Å². The number of rotatable bonds is 8. The summed E-state index contributed by atoms with van der Waals surface area (Å²) in [5.41, 5.74) is 1.82. The molecule has 0 aliphatic heterocycles. The molecule has 0 unspecified atom stereocenters. The molecule has 0 radical (unpaired) electrons. The Morgan fingerprint density at radius 3 is 2.66 bits per heavy atom. The van der Waals surface area contributed by atoms with Crippen LogP contribution in [0.4, 0.5) is 8.78 Å². The summed E-state index contributed by atoms with van der Waals surface area (Å²) in [5.74, 6) is -1.39. The highest BCUT2D eigenvalue weighted by Gasteiger charge is 2.15. The van der Waals surface area contributed by atoms with Crippen molar-refractivity contribution in [3.63, 3.8) is 0 Å². The number of aromatic nitrogens is 1. The first-order valence-electron chi connectivity index (χ1n) is 9.64. The van der Waals surface area contributed by atoms with Crippen LogP contribution < -0.4 is 15.6 Å². The zero-order valence-corrected chi connectivity index (χ0v) is 19.0. The molecule has 3 rings (SSSR count). The maximum absolute atomic E-state index is 13.9. The number of methoxy groups -OCH3 is 1. The largest absolute Gasteiger partial charge is 0.487 e. The van der Waals surface area contributed by atoms with Gasteiger partial charge in [-0.2, -0.15) is 0 Å². The van der Waals surface area contributed by atoms with Gasteiger partial charge in [-0.3, -0.25) is 14.2 Å². The van der Waals surface area contributed by atoms with E-state index in [4.69, 9.17) is 9.47 Å². The molecule has 2 aromatic carbocycles. The predicted octanol–water partition coefficient (Wildman–Crippen LogP) is 4.03. The van der Waals surface area contributed by atoms with Crippen LogP contribution in [-0.4, -0.2) is 24.2 Å². The van der Waals surface area contributed by atoms with E-state index in [9.17, 15) is 18.4 Å². The van der Waals surface area contributed by atoms with Gasteiger partial charge >= 0.3 is 0 Å². The summed E-state index contributed by atoms with van der Waals surface area (Å²) in [6, 6.07) is 12.1. The molecule has 1 N–H and O–H groups in total. The number of carbonyl (C=O) groups excluding carboxylic acids is 1. The van der Waals surface area contributed by atoms with Crippen LogP contribution in [-0.2, 0) is 22.7 Å². The lowest BCUT2D eigenvalue weighted by molar-refractivity contribution is -0.124. The van der Waals surface area contributed by atoms with Crippen molar-refractivity contribution >= 4 is 21.8 Å². The number of nitrogens with zero attached hydrogens (tertiary/aromatic N) is 1. The van der Waals surface area contributed by atoms with Crippen LogP contribution >= 0.6 is 15.9 Å². The fourth-order valence-corrected chi connectivity index (χ4v) is 3.50. The Balaban J connectivity index is 1.83. The number of aryl methyl sites for hydroxylation is 1. The number of hydrogen-bond acceptors (Lipinski definition) is 4. The number of halogens is 3. The van der Waals surface area contributed by atoms with Gasteiger partial charge in [-0.05, 0) is 52.7 Å². The van der Waals surface area contributed by atoms with E-state index in [1.54, 1.807) is 31.2 Å². The molecular weight excluding hydrogens is 486 g/mol. The monoisotopic (exact) mass is 506 g/mol. The van der Waals surface area contributed by atoms with Crippen LogP contribution in [0.5, 0.6) is 5.75 Å². The van der Waals surface area contributed by atoms with Crippen LogP contribution in [0.2, 0.25) is 0 Å². The van der Waals surface area contributed by atoms with E-state index in [-0.39, 0.29) is 47.0 Å². The highest BCUT2D eigenvalue weighted by molar-refractivity contribution is 9.10. The third-order valence-electron chi connectivity index (χ3n) is 4.63. The third-order valence-corrected chi connectivity index (χ3v) is 5.36. The summed E-state index contributed by atoms with van der Waals surface area (Å²) in [4.78, 5) is 24.6. The lowest BCUT2D eigenvalue weighted by Crippen LogP contribution is -2.26. The van der Waals surface area contributed by atoms with Gasteiger partial charge in [0.05, 0.1) is 0 Å². The zero-order valence-electron chi connectivity index (χ0n) is 17.5. The maximum Gasteiger partial charge on any atom is 0.273 e. The van der Waals surface area contributed by atoms with Gasteiger partial charge < -0.3 is 14.8 Å². The topological polar surface area (TPSA) is 69.6 Å².